The molecule has 1 saturated heterocycles. The first-order valence-electron chi connectivity index (χ1n) is 13.1. The number of aromatic hydroxyl groups is 1. The lowest BCUT2D eigenvalue weighted by molar-refractivity contribution is -0.127. The third-order valence-electron chi connectivity index (χ3n) is 6.86. The van der Waals surface area contributed by atoms with Crippen LogP contribution < -0.4 is 4.74 Å². The molecule has 37 heavy (non-hydrogen) atoms. The minimum Gasteiger partial charge on any atom is -0.507 e. The van der Waals surface area contributed by atoms with E-state index in [1.54, 1.807) is 41.3 Å². The lowest BCUT2D eigenvalue weighted by Gasteiger charge is -2.29. The first-order chi connectivity index (χ1) is 17.8. The molecule has 0 radical (unpaired) electrons. The number of methoxy groups -OCH3 is 1. The van der Waals surface area contributed by atoms with E-state index in [0.29, 0.717) is 17.7 Å². The lowest BCUT2D eigenvalue weighted by atomic mass is 9.95. The number of phenolic OH excluding ortho intramolecular Hbond substituents is 1. The number of unbranched alkanes of at least 4 members (excludes halogenated alkanes) is 2. The Morgan fingerprint density at radius 1 is 1.03 bits per heavy atom. The molecule has 3 N–H and O–H groups in total. The van der Waals surface area contributed by atoms with Crippen LogP contribution in [0.1, 0.15) is 63.1 Å². The van der Waals surface area contributed by atoms with E-state index in [2.05, 4.69) is 34.7 Å². The minimum absolute atomic E-state index is 0.0205. The Balaban J connectivity index is 1.95. The number of halogens is 1. The van der Waals surface area contributed by atoms with Gasteiger partial charge in [0.1, 0.15) is 5.76 Å². The third-order valence-corrected chi connectivity index (χ3v) is 7.39. The normalized spacial score (nSPS) is 19.6. The summed E-state index contributed by atoms with van der Waals surface area (Å²) in [4.78, 5) is 17.6. The van der Waals surface area contributed by atoms with E-state index >= 15 is 0 Å². The number of hydrogen-bond donors (Lipinski definition) is 3. The molecule has 7 nitrogen and oxygen atoms in total. The van der Waals surface area contributed by atoms with Gasteiger partial charge in [-0.3, -0.25) is 9.69 Å². The number of nitrogens with zero attached hydrogens (tertiary/aromatic N) is 2. The van der Waals surface area contributed by atoms with Gasteiger partial charge in [0.05, 0.1) is 18.7 Å². The van der Waals surface area contributed by atoms with Crippen molar-refractivity contribution < 1.29 is 24.9 Å². The lowest BCUT2D eigenvalue weighted by Crippen LogP contribution is -2.37. The summed E-state index contributed by atoms with van der Waals surface area (Å²) in [5.74, 6) is -0.443. The smallest absolute Gasteiger partial charge is 0.208 e. The molecule has 1 heterocycles. The van der Waals surface area contributed by atoms with Gasteiger partial charge in [-0.1, -0.05) is 60.8 Å². The van der Waals surface area contributed by atoms with Crippen molar-refractivity contribution in [2.45, 2.75) is 58.2 Å². The molecule has 1 fully saturated rings. The molecule has 0 unspecified atom stereocenters. The van der Waals surface area contributed by atoms with E-state index in [1.165, 1.54) is 13.2 Å². The zero-order chi connectivity index (χ0) is 26.9. The fourth-order valence-electron chi connectivity index (χ4n) is 4.79. The van der Waals surface area contributed by atoms with Crippen LogP contribution in [0.2, 0.25) is 0 Å². The van der Waals surface area contributed by atoms with Crippen molar-refractivity contribution in [3.8, 4) is 11.5 Å². The molecule has 0 aliphatic carbocycles. The van der Waals surface area contributed by atoms with Gasteiger partial charge in [-0.05, 0) is 68.7 Å². The van der Waals surface area contributed by atoms with Gasteiger partial charge in [0.25, 0.3) is 0 Å². The number of carbonyl (C=O) groups excluding carboxylic acids is 1. The fraction of sp³-hybridized carbons (Fsp3) is 0.483. The Labute approximate surface area is 228 Å². The number of phenols is 1. The molecule has 0 amide bonds. The van der Waals surface area contributed by atoms with Crippen LogP contribution in [0.4, 0.5) is 0 Å². The number of ketones is 1. The highest BCUT2D eigenvalue weighted by atomic mass is 79.9. The highest BCUT2D eigenvalue weighted by Crippen LogP contribution is 2.43. The summed E-state index contributed by atoms with van der Waals surface area (Å²) in [6.07, 6.45) is 3.93. The van der Waals surface area contributed by atoms with Gasteiger partial charge in [-0.25, -0.2) is 0 Å². The SMILES string of the molecule is CCCCN(CCCC)CCCN1[C@H](O)C(=O)C(=C(O)c2ccc(Br)cc2)[C@H]1c1ccc(O)c(OC)c1. The maximum absolute atomic E-state index is 13.4. The summed E-state index contributed by atoms with van der Waals surface area (Å²) in [5, 5.41) is 32.5. The Morgan fingerprint density at radius 3 is 2.24 bits per heavy atom. The number of hydrogen-bond acceptors (Lipinski definition) is 7. The van der Waals surface area contributed by atoms with Crippen molar-refractivity contribution in [3.05, 3.63) is 63.6 Å². The summed E-state index contributed by atoms with van der Waals surface area (Å²) in [7, 11) is 1.46. The molecule has 1 aliphatic rings. The molecule has 0 aromatic heterocycles. The van der Waals surface area contributed by atoms with E-state index in [0.717, 1.165) is 56.2 Å². The molecule has 2 aromatic carbocycles. The quantitative estimate of drug-likeness (QED) is 0.209. The largest absolute Gasteiger partial charge is 0.507 e. The molecule has 8 heteroatoms. The Hall–Kier alpha value is -2.39. The van der Waals surface area contributed by atoms with Crippen molar-refractivity contribution in [2.24, 2.45) is 0 Å². The van der Waals surface area contributed by atoms with E-state index in [1.807, 2.05) is 0 Å². The van der Waals surface area contributed by atoms with E-state index in [9.17, 15) is 20.1 Å². The maximum atomic E-state index is 13.4. The Bertz CT molecular complexity index is 1060. The summed E-state index contributed by atoms with van der Waals surface area (Å²) in [5.41, 5.74) is 1.27. The number of Topliss-reactive ketones (excluding diaryl/α,β-unsaturated/α-hetero) is 1. The summed E-state index contributed by atoms with van der Waals surface area (Å²) in [6, 6.07) is 11.2. The van der Waals surface area contributed by atoms with Gasteiger partial charge in [0.15, 0.2) is 17.7 Å². The third kappa shape index (κ3) is 7.13. The van der Waals surface area contributed by atoms with Gasteiger partial charge < -0.3 is 25.0 Å². The average Bonchev–Trinajstić information content (AvgIpc) is 3.15. The zero-order valence-electron chi connectivity index (χ0n) is 22.0. The van der Waals surface area contributed by atoms with E-state index < -0.39 is 18.1 Å². The van der Waals surface area contributed by atoms with Gasteiger partial charge in [-0.2, -0.15) is 0 Å². The summed E-state index contributed by atoms with van der Waals surface area (Å²) in [6.45, 7) is 7.77. The van der Waals surface area contributed by atoms with Crippen LogP contribution in [0, 0.1) is 0 Å². The number of rotatable bonds is 13. The fourth-order valence-corrected chi connectivity index (χ4v) is 5.05. The van der Waals surface area contributed by atoms with Crippen LogP contribution in [-0.2, 0) is 4.79 Å². The molecule has 0 saturated carbocycles. The first kappa shape index (κ1) is 29.2. The van der Waals surface area contributed by atoms with Crippen molar-refractivity contribution in [3.63, 3.8) is 0 Å². The second kappa shape index (κ2) is 14.0. The molecular formula is C29H39BrN2O5. The number of ether oxygens (including phenoxy) is 1. The van der Waals surface area contributed by atoms with Crippen LogP contribution in [0.3, 0.4) is 0 Å². The predicted octanol–water partition coefficient (Wildman–Crippen LogP) is 5.67. The molecule has 0 bridgehead atoms. The zero-order valence-corrected chi connectivity index (χ0v) is 23.6. The molecule has 0 spiro atoms. The molecule has 2 atom stereocenters. The first-order valence-corrected chi connectivity index (χ1v) is 13.9. The van der Waals surface area contributed by atoms with Crippen LogP contribution in [-0.4, -0.2) is 70.4 Å². The molecule has 202 valence electrons. The molecular weight excluding hydrogens is 536 g/mol. The minimum atomic E-state index is -1.38. The number of aliphatic hydroxyl groups is 2. The second-order valence-electron chi connectivity index (χ2n) is 9.48. The van der Waals surface area contributed by atoms with Gasteiger partial charge >= 0.3 is 0 Å². The van der Waals surface area contributed by atoms with Crippen molar-refractivity contribution in [1.82, 2.24) is 9.80 Å². The molecule has 3 rings (SSSR count). The summed E-state index contributed by atoms with van der Waals surface area (Å²) < 4.78 is 6.16. The standard InChI is InChI=1S/C29H39BrN2O5/c1-4-6-15-31(16-7-5-2)17-8-18-32-26(21-11-14-23(33)24(19-21)37-3)25(28(35)29(32)36)27(34)20-9-12-22(30)13-10-20/h9-14,19,26,29,33-34,36H,4-8,15-18H2,1-3H3/t26-,29-/m1/s1. The van der Waals surface area contributed by atoms with Gasteiger partial charge in [0.2, 0.25) is 5.78 Å². The monoisotopic (exact) mass is 574 g/mol. The highest BCUT2D eigenvalue weighted by molar-refractivity contribution is 9.10. The van der Waals surface area contributed by atoms with Crippen LogP contribution in [0.25, 0.3) is 5.76 Å². The van der Waals surface area contributed by atoms with Gasteiger partial charge in [0, 0.05) is 16.6 Å². The number of likely N-dealkylation sites (tertiary alicyclic amines) is 1. The number of aliphatic hydroxyl groups excluding tert-OH is 2. The summed E-state index contributed by atoms with van der Waals surface area (Å²) >= 11 is 3.40. The van der Waals surface area contributed by atoms with Gasteiger partial charge in [-0.15, -0.1) is 0 Å². The highest BCUT2D eigenvalue weighted by Gasteiger charge is 2.46. The number of benzene rings is 2. The topological polar surface area (TPSA) is 93.5 Å². The average molecular weight is 576 g/mol. The maximum Gasteiger partial charge on any atom is 0.208 e. The predicted molar refractivity (Wildman–Crippen MR) is 150 cm³/mol. The Kier molecular flexibility index (Phi) is 11.0. The van der Waals surface area contributed by atoms with Crippen LogP contribution >= 0.6 is 15.9 Å². The van der Waals surface area contributed by atoms with Crippen molar-refractivity contribution >= 4 is 27.5 Å². The van der Waals surface area contributed by atoms with Crippen LogP contribution in [0.5, 0.6) is 11.5 Å². The van der Waals surface area contributed by atoms with Crippen molar-refractivity contribution in [2.75, 3.05) is 33.3 Å². The molecule has 1 aliphatic heterocycles. The van der Waals surface area contributed by atoms with E-state index in [4.69, 9.17) is 4.74 Å². The number of carbonyl (C=O) groups is 1. The Morgan fingerprint density at radius 2 is 1.65 bits per heavy atom. The van der Waals surface area contributed by atoms with Crippen molar-refractivity contribution in [1.29, 1.82) is 0 Å². The molecule has 2 aromatic rings. The van der Waals surface area contributed by atoms with E-state index in [-0.39, 0.29) is 22.8 Å². The van der Waals surface area contributed by atoms with Crippen LogP contribution in [0.15, 0.2) is 52.5 Å². The second-order valence-corrected chi connectivity index (χ2v) is 10.4.